The van der Waals surface area contributed by atoms with Gasteiger partial charge in [-0.05, 0) is 42.8 Å². The molecule has 3 rings (SSSR count). The zero-order chi connectivity index (χ0) is 20.8. The van der Waals surface area contributed by atoms with Crippen LogP contribution in [0.25, 0.3) is 0 Å². The van der Waals surface area contributed by atoms with E-state index in [-0.39, 0.29) is 24.4 Å². The number of nitrogens with zero attached hydrogens (tertiary/aromatic N) is 1. The van der Waals surface area contributed by atoms with Crippen molar-refractivity contribution in [3.8, 4) is 17.2 Å². The second-order valence-electron chi connectivity index (χ2n) is 7.07. The quantitative estimate of drug-likeness (QED) is 0.569. The Bertz CT molecular complexity index is 830. The molecule has 2 aromatic carbocycles. The lowest BCUT2D eigenvalue weighted by molar-refractivity contribution is -0.114. The van der Waals surface area contributed by atoms with Crippen LogP contribution in [-0.2, 0) is 4.79 Å². The van der Waals surface area contributed by atoms with Gasteiger partial charge in [-0.2, -0.15) is 0 Å². The number of nitrogens with one attached hydrogen (secondary N) is 1. The van der Waals surface area contributed by atoms with Crippen LogP contribution in [0.5, 0.6) is 17.2 Å². The van der Waals surface area contributed by atoms with Crippen molar-refractivity contribution in [3.63, 3.8) is 0 Å². The second-order valence-corrected chi connectivity index (χ2v) is 7.50. The van der Waals surface area contributed by atoms with E-state index in [4.69, 9.17) is 21.1 Å². The molecule has 1 saturated heterocycles. The van der Waals surface area contributed by atoms with E-state index < -0.39 is 6.10 Å². The molecule has 2 atom stereocenters. The van der Waals surface area contributed by atoms with Crippen LogP contribution < -0.4 is 14.8 Å². The van der Waals surface area contributed by atoms with Crippen LogP contribution in [0.2, 0.25) is 5.02 Å². The number of aromatic hydroxyl groups is 1. The zero-order valence-electron chi connectivity index (χ0n) is 16.2. The third-order valence-corrected chi connectivity index (χ3v) is 4.77. The third-order valence-electron chi connectivity index (χ3n) is 4.52. The van der Waals surface area contributed by atoms with Crippen molar-refractivity contribution in [2.45, 2.75) is 25.6 Å². The number of aliphatic hydroxyl groups is 1. The van der Waals surface area contributed by atoms with Crippen LogP contribution in [0.3, 0.4) is 0 Å². The van der Waals surface area contributed by atoms with E-state index in [0.717, 1.165) is 18.7 Å². The molecule has 1 heterocycles. The predicted molar refractivity (Wildman–Crippen MR) is 111 cm³/mol. The molecule has 0 saturated carbocycles. The molecule has 2 aromatic rings. The minimum absolute atomic E-state index is 0.0188. The van der Waals surface area contributed by atoms with Gasteiger partial charge < -0.3 is 25.0 Å². The number of hydrogen-bond acceptors (Lipinski definition) is 6. The topological polar surface area (TPSA) is 91.3 Å². The molecule has 0 bridgehead atoms. The highest BCUT2D eigenvalue weighted by molar-refractivity contribution is 6.30. The minimum Gasteiger partial charge on any atom is -0.508 e. The number of ether oxygens (including phenoxy) is 2. The SMILES string of the molecule is CC(=O)Nc1ccc(O)cc1OCC(O)CN1CCC(Oc2ccc(Cl)cc2)C1. The number of phenols is 1. The number of hydrogen-bond donors (Lipinski definition) is 3. The molecule has 2 unspecified atom stereocenters. The van der Waals surface area contributed by atoms with Gasteiger partial charge in [0, 0.05) is 37.6 Å². The van der Waals surface area contributed by atoms with Crippen LogP contribution in [0.4, 0.5) is 5.69 Å². The first-order valence-electron chi connectivity index (χ1n) is 9.45. The van der Waals surface area contributed by atoms with Crippen molar-refractivity contribution in [2.75, 3.05) is 31.6 Å². The van der Waals surface area contributed by atoms with E-state index >= 15 is 0 Å². The van der Waals surface area contributed by atoms with Gasteiger partial charge in [-0.25, -0.2) is 0 Å². The number of phenolic OH excluding ortho intramolecular Hbond substituents is 1. The van der Waals surface area contributed by atoms with E-state index in [1.54, 1.807) is 18.2 Å². The summed E-state index contributed by atoms with van der Waals surface area (Å²) in [6, 6.07) is 11.7. The lowest BCUT2D eigenvalue weighted by Crippen LogP contribution is -2.35. The van der Waals surface area contributed by atoms with E-state index in [1.165, 1.54) is 19.1 Å². The molecule has 1 aliphatic rings. The van der Waals surface area contributed by atoms with Gasteiger partial charge in [0.1, 0.15) is 36.1 Å². The summed E-state index contributed by atoms with van der Waals surface area (Å²) in [7, 11) is 0. The number of rotatable bonds is 8. The van der Waals surface area contributed by atoms with E-state index in [0.29, 0.717) is 29.5 Å². The average molecular weight is 421 g/mol. The number of carbonyl (C=O) groups excluding carboxylic acids is 1. The minimum atomic E-state index is -0.725. The zero-order valence-corrected chi connectivity index (χ0v) is 16.9. The van der Waals surface area contributed by atoms with Gasteiger partial charge in [-0.3, -0.25) is 9.69 Å². The van der Waals surface area contributed by atoms with E-state index in [1.807, 2.05) is 12.1 Å². The van der Waals surface area contributed by atoms with Gasteiger partial charge in [-0.15, -0.1) is 0 Å². The molecule has 1 fully saturated rings. The first-order chi connectivity index (χ1) is 13.9. The van der Waals surface area contributed by atoms with Gasteiger partial charge in [0.15, 0.2) is 0 Å². The molecule has 156 valence electrons. The maximum absolute atomic E-state index is 11.3. The number of halogens is 1. The fraction of sp³-hybridized carbons (Fsp3) is 0.381. The highest BCUT2D eigenvalue weighted by atomic mass is 35.5. The number of aliphatic hydroxyl groups excluding tert-OH is 1. The van der Waals surface area contributed by atoms with Crippen molar-refractivity contribution in [3.05, 3.63) is 47.5 Å². The third kappa shape index (κ3) is 6.52. The normalized spacial score (nSPS) is 17.7. The molecule has 1 aliphatic heterocycles. The Labute approximate surface area is 174 Å². The number of anilines is 1. The molecule has 0 radical (unpaired) electrons. The van der Waals surface area contributed by atoms with Crippen molar-refractivity contribution in [2.24, 2.45) is 0 Å². The Balaban J connectivity index is 1.46. The molecule has 29 heavy (non-hydrogen) atoms. The van der Waals surface area contributed by atoms with Gasteiger partial charge >= 0.3 is 0 Å². The molecule has 0 aromatic heterocycles. The summed E-state index contributed by atoms with van der Waals surface area (Å²) in [6.45, 7) is 3.40. The Morgan fingerprint density at radius 1 is 1.31 bits per heavy atom. The Kier molecular flexibility index (Phi) is 7.19. The molecular weight excluding hydrogens is 396 g/mol. The Morgan fingerprint density at radius 2 is 2.07 bits per heavy atom. The van der Waals surface area contributed by atoms with Crippen molar-refractivity contribution >= 4 is 23.2 Å². The summed E-state index contributed by atoms with van der Waals surface area (Å²) in [5.41, 5.74) is 0.445. The Hall–Kier alpha value is -2.48. The summed E-state index contributed by atoms with van der Waals surface area (Å²) in [4.78, 5) is 13.4. The lowest BCUT2D eigenvalue weighted by atomic mass is 10.2. The molecule has 1 amide bonds. The smallest absolute Gasteiger partial charge is 0.221 e. The van der Waals surface area contributed by atoms with Crippen LogP contribution in [0, 0.1) is 0 Å². The van der Waals surface area contributed by atoms with Gasteiger partial charge in [0.25, 0.3) is 0 Å². The fourth-order valence-corrected chi connectivity index (χ4v) is 3.35. The van der Waals surface area contributed by atoms with Crippen molar-refractivity contribution < 1.29 is 24.5 Å². The van der Waals surface area contributed by atoms with Crippen LogP contribution in [-0.4, -0.2) is 59.5 Å². The number of likely N-dealkylation sites (tertiary alicyclic amines) is 1. The summed E-state index contributed by atoms with van der Waals surface area (Å²) in [6.07, 6.45) is 0.202. The number of amides is 1. The highest BCUT2D eigenvalue weighted by Gasteiger charge is 2.26. The maximum Gasteiger partial charge on any atom is 0.221 e. The molecule has 3 N–H and O–H groups in total. The summed E-state index contributed by atoms with van der Waals surface area (Å²) in [5.74, 6) is 0.861. The second kappa shape index (κ2) is 9.82. The van der Waals surface area contributed by atoms with Crippen LogP contribution >= 0.6 is 11.6 Å². The molecule has 8 heteroatoms. The number of benzene rings is 2. The standard InChI is InChI=1S/C21H25ClN2O5/c1-14(25)23-20-7-4-16(26)10-21(20)28-13-17(27)11-24-9-8-19(12-24)29-18-5-2-15(22)3-6-18/h2-7,10,17,19,26-27H,8-9,11-13H2,1H3,(H,23,25). The monoisotopic (exact) mass is 420 g/mol. The van der Waals surface area contributed by atoms with Gasteiger partial charge in [0.05, 0.1) is 5.69 Å². The molecular formula is C21H25ClN2O5. The first-order valence-corrected chi connectivity index (χ1v) is 9.83. The van der Waals surface area contributed by atoms with Crippen molar-refractivity contribution in [1.82, 2.24) is 4.90 Å². The van der Waals surface area contributed by atoms with Gasteiger partial charge in [-0.1, -0.05) is 11.6 Å². The average Bonchev–Trinajstić information content (AvgIpc) is 3.10. The summed E-state index contributed by atoms with van der Waals surface area (Å²) >= 11 is 5.89. The fourth-order valence-electron chi connectivity index (χ4n) is 3.22. The highest BCUT2D eigenvalue weighted by Crippen LogP contribution is 2.29. The lowest BCUT2D eigenvalue weighted by Gasteiger charge is -2.21. The number of β-amino-alcohol motifs (C(OH)–C–C–N with tert-alkyl or cyclic N) is 1. The summed E-state index contributed by atoms with van der Waals surface area (Å²) in [5, 5.41) is 23.3. The molecule has 0 aliphatic carbocycles. The maximum atomic E-state index is 11.3. The van der Waals surface area contributed by atoms with E-state index in [9.17, 15) is 15.0 Å². The number of carbonyl (C=O) groups is 1. The first kappa shape index (κ1) is 21.2. The van der Waals surface area contributed by atoms with Crippen LogP contribution in [0.1, 0.15) is 13.3 Å². The largest absolute Gasteiger partial charge is 0.508 e. The molecule has 0 spiro atoms. The predicted octanol–water partition coefficient (Wildman–Crippen LogP) is 2.90. The van der Waals surface area contributed by atoms with Crippen molar-refractivity contribution in [1.29, 1.82) is 0 Å². The molecule has 7 nitrogen and oxygen atoms in total. The Morgan fingerprint density at radius 3 is 2.79 bits per heavy atom. The summed E-state index contributed by atoms with van der Waals surface area (Å²) < 4.78 is 11.6. The van der Waals surface area contributed by atoms with E-state index in [2.05, 4.69) is 10.2 Å². The van der Waals surface area contributed by atoms with Gasteiger partial charge in [0.2, 0.25) is 5.91 Å². The van der Waals surface area contributed by atoms with Crippen LogP contribution in [0.15, 0.2) is 42.5 Å².